The third-order valence-corrected chi connectivity index (χ3v) is 3.19. The second-order valence-electron chi connectivity index (χ2n) is 3.91. The first-order valence-electron chi connectivity index (χ1n) is 5.68. The summed E-state index contributed by atoms with van der Waals surface area (Å²) in [5.74, 6) is 0.551. The molecule has 18 heavy (non-hydrogen) atoms. The van der Waals surface area contributed by atoms with Crippen molar-refractivity contribution in [2.75, 3.05) is 5.75 Å². The summed E-state index contributed by atoms with van der Waals surface area (Å²) in [7, 11) is 0. The van der Waals surface area contributed by atoms with Gasteiger partial charge < -0.3 is 10.1 Å². The molecule has 0 unspecified atom stereocenters. The van der Waals surface area contributed by atoms with E-state index >= 15 is 0 Å². The van der Waals surface area contributed by atoms with Gasteiger partial charge in [0.2, 0.25) is 0 Å². The van der Waals surface area contributed by atoms with Crippen molar-refractivity contribution in [1.29, 1.82) is 0 Å². The van der Waals surface area contributed by atoms with E-state index in [9.17, 15) is 9.59 Å². The maximum absolute atomic E-state index is 11.4. The van der Waals surface area contributed by atoms with Crippen LogP contribution in [0.5, 0.6) is 0 Å². The van der Waals surface area contributed by atoms with E-state index in [4.69, 9.17) is 4.74 Å². The minimum Gasteiger partial charge on any atom is -0.445 e. The molecule has 0 aliphatic heterocycles. The number of nitrogens with one attached hydrogen (secondary N) is 1. The number of ether oxygens (including phenoxy) is 1. The van der Waals surface area contributed by atoms with E-state index in [2.05, 4.69) is 5.32 Å². The van der Waals surface area contributed by atoms with Crippen LogP contribution in [0.2, 0.25) is 0 Å². The summed E-state index contributed by atoms with van der Waals surface area (Å²) in [6.07, 6.45) is -0.462. The van der Waals surface area contributed by atoms with Crippen LogP contribution in [0, 0.1) is 0 Å². The molecule has 0 radical (unpaired) electrons. The van der Waals surface area contributed by atoms with Gasteiger partial charge >= 0.3 is 6.09 Å². The highest BCUT2D eigenvalue weighted by Gasteiger charge is 2.09. The molecule has 0 heterocycles. The number of thioether (sulfide) groups is 1. The first-order valence-corrected chi connectivity index (χ1v) is 6.67. The Bertz CT molecular complexity index is 394. The molecule has 0 aliphatic rings. The second-order valence-corrected chi connectivity index (χ2v) is 5.11. The molecule has 0 bridgehead atoms. The van der Waals surface area contributed by atoms with Crippen molar-refractivity contribution in [3.05, 3.63) is 35.9 Å². The zero-order valence-electron chi connectivity index (χ0n) is 10.5. The number of hydrogen-bond donors (Lipinski definition) is 1. The van der Waals surface area contributed by atoms with Crippen molar-refractivity contribution in [3.8, 4) is 0 Å². The maximum atomic E-state index is 11.4. The SMILES string of the molecule is CC(=O)SC[C@H](C)NC(=O)OCc1ccccc1. The van der Waals surface area contributed by atoms with Crippen LogP contribution in [0.25, 0.3) is 0 Å². The molecule has 1 amide bonds. The van der Waals surface area contributed by atoms with Crippen LogP contribution in [0.1, 0.15) is 19.4 Å². The molecule has 1 atom stereocenters. The molecular formula is C13H17NO3S. The Morgan fingerprint density at radius 3 is 2.61 bits per heavy atom. The summed E-state index contributed by atoms with van der Waals surface area (Å²) in [5, 5.41) is 2.71. The molecule has 0 saturated heterocycles. The van der Waals surface area contributed by atoms with E-state index in [0.717, 1.165) is 5.56 Å². The van der Waals surface area contributed by atoms with Gasteiger partial charge in [-0.1, -0.05) is 42.1 Å². The number of hydrogen-bond acceptors (Lipinski definition) is 4. The van der Waals surface area contributed by atoms with E-state index in [1.54, 1.807) is 0 Å². The standard InChI is InChI=1S/C13H17NO3S/c1-10(9-18-11(2)15)14-13(16)17-8-12-6-4-3-5-7-12/h3-7,10H,8-9H2,1-2H3,(H,14,16)/t10-/m0/s1. The predicted molar refractivity (Wildman–Crippen MR) is 72.4 cm³/mol. The lowest BCUT2D eigenvalue weighted by molar-refractivity contribution is -0.109. The summed E-state index contributed by atoms with van der Waals surface area (Å²) in [5.41, 5.74) is 0.943. The van der Waals surface area contributed by atoms with E-state index in [-0.39, 0.29) is 17.8 Å². The average Bonchev–Trinajstić information content (AvgIpc) is 2.35. The fourth-order valence-corrected chi connectivity index (χ4v) is 1.82. The Kier molecular flexibility index (Phi) is 6.28. The van der Waals surface area contributed by atoms with Crippen LogP contribution in [0.3, 0.4) is 0 Å². The summed E-state index contributed by atoms with van der Waals surface area (Å²) >= 11 is 1.19. The highest BCUT2D eigenvalue weighted by Crippen LogP contribution is 2.04. The van der Waals surface area contributed by atoms with Gasteiger partial charge in [0.25, 0.3) is 0 Å². The van der Waals surface area contributed by atoms with Gasteiger partial charge in [-0.25, -0.2) is 4.79 Å². The van der Waals surface area contributed by atoms with Crippen molar-refractivity contribution in [3.63, 3.8) is 0 Å². The number of benzene rings is 1. The molecular weight excluding hydrogens is 250 g/mol. The number of amides is 1. The molecule has 4 nitrogen and oxygen atoms in total. The minimum atomic E-state index is -0.462. The van der Waals surface area contributed by atoms with Crippen molar-refractivity contribution >= 4 is 23.0 Å². The molecule has 1 aromatic rings. The largest absolute Gasteiger partial charge is 0.445 e. The zero-order chi connectivity index (χ0) is 13.4. The molecule has 0 spiro atoms. The number of carbonyl (C=O) groups is 2. The molecule has 1 N–H and O–H groups in total. The van der Waals surface area contributed by atoms with Crippen LogP contribution < -0.4 is 5.32 Å². The first-order chi connectivity index (χ1) is 8.58. The molecule has 5 heteroatoms. The summed E-state index contributed by atoms with van der Waals surface area (Å²) < 4.78 is 5.06. The van der Waals surface area contributed by atoms with Gasteiger partial charge in [-0.3, -0.25) is 4.79 Å². The lowest BCUT2D eigenvalue weighted by Gasteiger charge is -2.12. The topological polar surface area (TPSA) is 55.4 Å². The molecule has 0 fully saturated rings. The van der Waals surface area contributed by atoms with Gasteiger partial charge in [-0.15, -0.1) is 0 Å². The van der Waals surface area contributed by atoms with E-state index < -0.39 is 6.09 Å². The second kappa shape index (κ2) is 7.76. The van der Waals surface area contributed by atoms with Crippen LogP contribution in [-0.4, -0.2) is 23.0 Å². The fourth-order valence-electron chi connectivity index (χ4n) is 1.25. The van der Waals surface area contributed by atoms with Gasteiger partial charge in [0.15, 0.2) is 5.12 Å². The molecule has 0 aliphatic carbocycles. The average molecular weight is 267 g/mol. The van der Waals surface area contributed by atoms with E-state index in [1.165, 1.54) is 18.7 Å². The lowest BCUT2D eigenvalue weighted by Crippen LogP contribution is -2.34. The lowest BCUT2D eigenvalue weighted by atomic mass is 10.2. The van der Waals surface area contributed by atoms with Crippen molar-refractivity contribution in [2.24, 2.45) is 0 Å². The highest BCUT2D eigenvalue weighted by molar-refractivity contribution is 8.13. The van der Waals surface area contributed by atoms with Gasteiger partial charge in [0, 0.05) is 18.7 Å². The molecule has 1 rings (SSSR count). The van der Waals surface area contributed by atoms with Gasteiger partial charge in [0.1, 0.15) is 6.61 Å². The smallest absolute Gasteiger partial charge is 0.407 e. The maximum Gasteiger partial charge on any atom is 0.407 e. The first kappa shape index (κ1) is 14.6. The number of alkyl carbamates (subject to hydrolysis) is 1. The van der Waals surface area contributed by atoms with E-state index in [1.807, 2.05) is 37.3 Å². The molecule has 0 saturated carbocycles. The quantitative estimate of drug-likeness (QED) is 0.891. The zero-order valence-corrected chi connectivity index (χ0v) is 11.3. The van der Waals surface area contributed by atoms with Gasteiger partial charge in [-0.2, -0.15) is 0 Å². The molecule has 0 aromatic heterocycles. The van der Waals surface area contributed by atoms with Crippen LogP contribution in [0.15, 0.2) is 30.3 Å². The Labute approximate surface area is 111 Å². The number of carbonyl (C=O) groups excluding carboxylic acids is 2. The Morgan fingerprint density at radius 1 is 1.33 bits per heavy atom. The van der Waals surface area contributed by atoms with Crippen LogP contribution >= 0.6 is 11.8 Å². The normalized spacial score (nSPS) is 11.7. The fraction of sp³-hybridized carbons (Fsp3) is 0.385. The monoisotopic (exact) mass is 267 g/mol. The molecule has 1 aromatic carbocycles. The summed E-state index contributed by atoms with van der Waals surface area (Å²) in [6.45, 7) is 3.59. The van der Waals surface area contributed by atoms with Crippen LogP contribution in [0.4, 0.5) is 4.79 Å². The van der Waals surface area contributed by atoms with Gasteiger partial charge in [0.05, 0.1) is 0 Å². The minimum absolute atomic E-state index is 0.0429. The third kappa shape index (κ3) is 6.30. The summed E-state index contributed by atoms with van der Waals surface area (Å²) in [4.78, 5) is 22.2. The Morgan fingerprint density at radius 2 is 2.00 bits per heavy atom. The Hall–Kier alpha value is -1.49. The Balaban J connectivity index is 2.23. The van der Waals surface area contributed by atoms with Crippen LogP contribution in [-0.2, 0) is 16.1 Å². The summed E-state index contributed by atoms with van der Waals surface area (Å²) in [6, 6.07) is 9.38. The third-order valence-electron chi connectivity index (χ3n) is 2.11. The van der Waals surface area contributed by atoms with Gasteiger partial charge in [-0.05, 0) is 12.5 Å². The van der Waals surface area contributed by atoms with Crippen molar-refractivity contribution in [1.82, 2.24) is 5.32 Å². The predicted octanol–water partition coefficient (Wildman–Crippen LogP) is 2.58. The number of rotatable bonds is 5. The molecule has 98 valence electrons. The van der Waals surface area contributed by atoms with E-state index in [0.29, 0.717) is 5.75 Å². The van der Waals surface area contributed by atoms with Crippen molar-refractivity contribution in [2.45, 2.75) is 26.5 Å². The highest BCUT2D eigenvalue weighted by atomic mass is 32.2. The van der Waals surface area contributed by atoms with Crippen molar-refractivity contribution < 1.29 is 14.3 Å².